The van der Waals surface area contributed by atoms with Gasteiger partial charge >= 0.3 is 0 Å². The molecular weight excluding hydrogens is 277 g/mol. The van der Waals surface area contributed by atoms with E-state index < -0.39 is 0 Å². The summed E-state index contributed by atoms with van der Waals surface area (Å²) in [6, 6.07) is 0.258. The van der Waals surface area contributed by atoms with Crippen molar-refractivity contribution in [3.05, 3.63) is 11.2 Å². The minimum Gasteiger partial charge on any atom is -0.361 e. The van der Waals surface area contributed by atoms with Crippen LogP contribution in [0, 0.1) is 17.8 Å². The Hall–Kier alpha value is -1.29. The van der Waals surface area contributed by atoms with Gasteiger partial charge in [-0.2, -0.15) is 0 Å². The molecule has 1 radical (unpaired) electrons. The van der Waals surface area contributed by atoms with E-state index in [1.165, 1.54) is 0 Å². The number of hydrogen-bond donors (Lipinski definition) is 3. The average Bonchev–Trinajstić information content (AvgIpc) is 3.04. The highest BCUT2D eigenvalue weighted by Gasteiger charge is 2.29. The van der Waals surface area contributed by atoms with Crippen LogP contribution in [0.1, 0.15) is 32.6 Å². The normalized spacial score (nSPS) is 34.6. The van der Waals surface area contributed by atoms with E-state index in [4.69, 9.17) is 10.5 Å². The van der Waals surface area contributed by atoms with E-state index in [1.54, 1.807) is 0 Å². The molecule has 117 valence electrons. The molecule has 6 heteroatoms. The second-order valence-electron chi connectivity index (χ2n) is 6.42. The summed E-state index contributed by atoms with van der Waals surface area (Å²) in [6.07, 6.45) is 3.73. The fourth-order valence-electron chi connectivity index (χ4n) is 3.24. The summed E-state index contributed by atoms with van der Waals surface area (Å²) in [5.41, 5.74) is 7.66. The molecule has 2 fully saturated rings. The molecule has 5 nitrogen and oxygen atoms in total. The van der Waals surface area contributed by atoms with Crippen LogP contribution in [0.5, 0.6) is 0 Å². The lowest BCUT2D eigenvalue weighted by atomic mass is 9.55. The van der Waals surface area contributed by atoms with Crippen molar-refractivity contribution in [1.82, 2.24) is 10.6 Å². The third kappa shape index (κ3) is 3.54. The van der Waals surface area contributed by atoms with Gasteiger partial charge in [0, 0.05) is 24.3 Å². The first-order valence-corrected chi connectivity index (χ1v) is 8.09. The number of carbonyl (C=O) groups is 1. The molecule has 0 spiro atoms. The molecule has 22 heavy (non-hydrogen) atoms. The van der Waals surface area contributed by atoms with E-state index in [0.29, 0.717) is 6.73 Å². The van der Waals surface area contributed by atoms with Gasteiger partial charge in [0.05, 0.1) is 18.5 Å². The van der Waals surface area contributed by atoms with Crippen molar-refractivity contribution in [2.24, 2.45) is 11.7 Å². The van der Waals surface area contributed by atoms with Gasteiger partial charge in [-0.25, -0.2) is 0 Å². The Bertz CT molecular complexity index is 523. The van der Waals surface area contributed by atoms with Gasteiger partial charge in [0.15, 0.2) is 7.28 Å². The van der Waals surface area contributed by atoms with Gasteiger partial charge in [-0.15, -0.1) is 0 Å². The maximum absolute atomic E-state index is 12.4. The zero-order valence-electron chi connectivity index (χ0n) is 13.0. The summed E-state index contributed by atoms with van der Waals surface area (Å²) in [6.45, 7) is 3.41. The van der Waals surface area contributed by atoms with Gasteiger partial charge in [-0.1, -0.05) is 17.3 Å². The summed E-state index contributed by atoms with van der Waals surface area (Å²) >= 11 is 0. The Labute approximate surface area is 132 Å². The molecule has 2 aliphatic heterocycles. The van der Waals surface area contributed by atoms with Gasteiger partial charge in [0.1, 0.15) is 0 Å². The van der Waals surface area contributed by atoms with Crippen molar-refractivity contribution >= 4 is 13.2 Å². The lowest BCUT2D eigenvalue weighted by Crippen LogP contribution is -2.37. The van der Waals surface area contributed by atoms with E-state index in [1.807, 2.05) is 6.92 Å². The Balaban J connectivity index is 1.57. The Morgan fingerprint density at radius 1 is 1.41 bits per heavy atom. The number of carbonyl (C=O) groups excluding carboxylic acids is 1. The van der Waals surface area contributed by atoms with Crippen molar-refractivity contribution in [3.8, 4) is 11.8 Å². The minimum atomic E-state index is 0.0713. The van der Waals surface area contributed by atoms with Crippen molar-refractivity contribution in [2.75, 3.05) is 13.3 Å². The molecule has 0 aromatic carbocycles. The van der Waals surface area contributed by atoms with Crippen LogP contribution in [0.15, 0.2) is 11.2 Å². The quantitative estimate of drug-likeness (QED) is 0.518. The number of hydrogen-bond acceptors (Lipinski definition) is 4. The maximum Gasteiger partial charge on any atom is 0.227 e. The molecule has 1 unspecified atom stereocenters. The SMILES string of the molecule is CC1=C(NC(=O)C2CCC(N)CC2)C#C[C@@H](C2CNCO2)[B]1. The second-order valence-corrected chi connectivity index (χ2v) is 6.42. The molecule has 1 saturated carbocycles. The molecule has 2 heterocycles. The third-order valence-electron chi connectivity index (χ3n) is 4.72. The van der Waals surface area contributed by atoms with E-state index in [9.17, 15) is 4.79 Å². The Kier molecular flexibility index (Phi) is 4.87. The van der Waals surface area contributed by atoms with Gasteiger partial charge in [0.25, 0.3) is 0 Å². The highest BCUT2D eigenvalue weighted by atomic mass is 16.5. The van der Waals surface area contributed by atoms with Crippen LogP contribution >= 0.6 is 0 Å². The molecule has 0 aromatic heterocycles. The number of allylic oxidation sites excluding steroid dienone is 2. The fraction of sp³-hybridized carbons (Fsp3) is 0.688. The molecule has 3 rings (SSSR count). The van der Waals surface area contributed by atoms with Crippen LogP contribution in [0.4, 0.5) is 0 Å². The van der Waals surface area contributed by atoms with Crippen molar-refractivity contribution in [2.45, 2.75) is 50.6 Å². The van der Waals surface area contributed by atoms with E-state index >= 15 is 0 Å². The summed E-state index contributed by atoms with van der Waals surface area (Å²) in [5.74, 6) is 6.56. The minimum absolute atomic E-state index is 0.0713. The largest absolute Gasteiger partial charge is 0.361 e. The van der Waals surface area contributed by atoms with Crippen LogP contribution in [0.2, 0.25) is 5.82 Å². The molecule has 4 N–H and O–H groups in total. The standard InChI is InChI=1S/C16H23BN3O2/c1-10-14(7-6-13(17-10)15-8-19-9-22-15)20-16(21)11-2-4-12(18)5-3-11/h11-13,15,19H,2-5,8-9,18H2,1H3,(H,20,21)/t11?,12?,13-,15?/m0/s1. The molecular formula is C16H23BN3O2. The summed E-state index contributed by atoms with van der Waals surface area (Å²) in [7, 11) is 2.10. The predicted molar refractivity (Wildman–Crippen MR) is 85.8 cm³/mol. The number of nitrogens with one attached hydrogen (secondary N) is 2. The number of ether oxygens (including phenoxy) is 1. The molecule has 1 saturated heterocycles. The Morgan fingerprint density at radius 3 is 2.82 bits per heavy atom. The summed E-state index contributed by atoms with van der Waals surface area (Å²) < 4.78 is 5.60. The average molecular weight is 300 g/mol. The molecule has 1 amide bonds. The van der Waals surface area contributed by atoms with E-state index in [-0.39, 0.29) is 29.8 Å². The van der Waals surface area contributed by atoms with Gasteiger partial charge in [-0.05, 0) is 32.6 Å². The maximum atomic E-state index is 12.4. The first-order valence-electron chi connectivity index (χ1n) is 8.09. The van der Waals surface area contributed by atoms with Crippen LogP contribution in [-0.2, 0) is 9.53 Å². The summed E-state index contributed by atoms with van der Waals surface area (Å²) in [5, 5.41) is 6.17. The number of rotatable bonds is 3. The number of amides is 1. The van der Waals surface area contributed by atoms with Crippen molar-refractivity contribution in [1.29, 1.82) is 0 Å². The Morgan fingerprint density at radius 2 is 2.18 bits per heavy atom. The van der Waals surface area contributed by atoms with Crippen molar-refractivity contribution in [3.63, 3.8) is 0 Å². The van der Waals surface area contributed by atoms with Crippen LogP contribution in [-0.4, -0.2) is 38.6 Å². The topological polar surface area (TPSA) is 76.4 Å². The molecule has 0 bridgehead atoms. The molecule has 3 aliphatic rings. The predicted octanol–water partition coefficient (Wildman–Crippen LogP) is 0.307. The van der Waals surface area contributed by atoms with Gasteiger partial charge in [-0.3, -0.25) is 10.1 Å². The van der Waals surface area contributed by atoms with Gasteiger partial charge < -0.3 is 15.8 Å². The monoisotopic (exact) mass is 300 g/mol. The lowest BCUT2D eigenvalue weighted by Gasteiger charge is -2.26. The van der Waals surface area contributed by atoms with Crippen LogP contribution in [0.3, 0.4) is 0 Å². The smallest absolute Gasteiger partial charge is 0.227 e. The van der Waals surface area contributed by atoms with E-state index in [0.717, 1.165) is 43.4 Å². The first kappa shape index (κ1) is 15.6. The number of nitrogens with two attached hydrogens (primary N) is 1. The second kappa shape index (κ2) is 6.87. The van der Waals surface area contributed by atoms with Crippen LogP contribution < -0.4 is 16.4 Å². The zero-order valence-corrected chi connectivity index (χ0v) is 13.0. The van der Waals surface area contributed by atoms with Gasteiger partial charge in [0.2, 0.25) is 5.91 Å². The highest BCUT2D eigenvalue weighted by molar-refractivity contribution is 6.49. The molecule has 1 aliphatic carbocycles. The zero-order chi connectivity index (χ0) is 15.5. The molecule has 0 aromatic rings. The fourth-order valence-corrected chi connectivity index (χ4v) is 3.24. The van der Waals surface area contributed by atoms with Crippen molar-refractivity contribution < 1.29 is 9.53 Å². The third-order valence-corrected chi connectivity index (χ3v) is 4.72. The van der Waals surface area contributed by atoms with Crippen LogP contribution in [0.25, 0.3) is 0 Å². The summed E-state index contributed by atoms with van der Waals surface area (Å²) in [4.78, 5) is 12.4. The first-order chi connectivity index (χ1) is 10.6. The lowest BCUT2D eigenvalue weighted by molar-refractivity contribution is -0.125. The molecule has 2 atom stereocenters. The highest BCUT2D eigenvalue weighted by Crippen LogP contribution is 2.25. The van der Waals surface area contributed by atoms with E-state index in [2.05, 4.69) is 29.8 Å².